The van der Waals surface area contributed by atoms with Crippen molar-refractivity contribution < 1.29 is 0 Å². The van der Waals surface area contributed by atoms with E-state index in [2.05, 4.69) is 44.7 Å². The van der Waals surface area contributed by atoms with Gasteiger partial charge in [-0.05, 0) is 46.4 Å². The van der Waals surface area contributed by atoms with E-state index in [4.69, 9.17) is 0 Å². The van der Waals surface area contributed by atoms with Crippen molar-refractivity contribution in [3.63, 3.8) is 0 Å². The Morgan fingerprint density at radius 1 is 0.394 bits per heavy atom. The molecule has 1 unspecified atom stereocenters. The van der Waals surface area contributed by atoms with Crippen LogP contribution in [0.4, 0.5) is 0 Å². The third-order valence-corrected chi connectivity index (χ3v) is 7.48. The first-order chi connectivity index (χ1) is 16.2. The van der Waals surface area contributed by atoms with Crippen LogP contribution < -0.4 is 0 Å². The Balaban J connectivity index is 3.83. The second-order valence-electron chi connectivity index (χ2n) is 11.0. The van der Waals surface area contributed by atoms with Crippen molar-refractivity contribution in [3.8, 4) is 0 Å². The molecule has 0 heterocycles. The lowest BCUT2D eigenvalue weighted by atomic mass is 10.0. The summed E-state index contributed by atoms with van der Waals surface area (Å²) in [4.78, 5) is 5.23. The summed E-state index contributed by atoms with van der Waals surface area (Å²) in [6, 6.07) is 0. The topological polar surface area (TPSA) is 6.48 Å². The summed E-state index contributed by atoms with van der Waals surface area (Å²) in [5.41, 5.74) is 0. The van der Waals surface area contributed by atoms with E-state index in [1.54, 1.807) is 0 Å². The van der Waals surface area contributed by atoms with Crippen LogP contribution in [0.2, 0.25) is 0 Å². The highest BCUT2D eigenvalue weighted by Gasteiger charge is 2.17. The van der Waals surface area contributed by atoms with Gasteiger partial charge < -0.3 is 0 Å². The number of nitrogens with zero attached hydrogens (tertiary/aromatic N) is 2. The van der Waals surface area contributed by atoms with Crippen LogP contribution in [0.25, 0.3) is 0 Å². The van der Waals surface area contributed by atoms with Crippen molar-refractivity contribution in [2.75, 3.05) is 27.2 Å². The molecular weight excluding hydrogens is 400 g/mol. The number of rotatable bonds is 27. The predicted octanol–water partition coefficient (Wildman–Crippen LogP) is 10.2. The van der Waals surface area contributed by atoms with Crippen molar-refractivity contribution in [1.29, 1.82) is 0 Å². The van der Waals surface area contributed by atoms with E-state index in [0.717, 1.165) is 0 Å². The maximum absolute atomic E-state index is 2.79. The molecule has 0 spiro atoms. The van der Waals surface area contributed by atoms with Gasteiger partial charge in [0, 0.05) is 0 Å². The maximum atomic E-state index is 2.79. The fourth-order valence-electron chi connectivity index (χ4n) is 5.32. The summed E-state index contributed by atoms with van der Waals surface area (Å²) in [5, 5.41) is 0. The summed E-state index contributed by atoms with van der Waals surface area (Å²) in [6.45, 7) is 9.57. The zero-order valence-electron chi connectivity index (χ0n) is 24.1. The molecule has 2 nitrogen and oxygen atoms in total. The highest BCUT2D eigenvalue weighted by molar-refractivity contribution is 4.69. The molecule has 33 heavy (non-hydrogen) atoms. The van der Waals surface area contributed by atoms with Crippen LogP contribution in [-0.4, -0.2) is 43.2 Å². The molecule has 0 fully saturated rings. The van der Waals surface area contributed by atoms with Gasteiger partial charge in [-0.25, -0.2) is 0 Å². The van der Waals surface area contributed by atoms with Gasteiger partial charge in [0.05, 0.1) is 6.17 Å². The fraction of sp³-hybridized carbons (Fsp3) is 1.00. The minimum Gasteiger partial charge on any atom is -0.294 e. The molecule has 0 aromatic heterocycles. The van der Waals surface area contributed by atoms with Gasteiger partial charge in [0.1, 0.15) is 0 Å². The zero-order chi connectivity index (χ0) is 24.4. The van der Waals surface area contributed by atoms with Crippen molar-refractivity contribution in [2.24, 2.45) is 0 Å². The van der Waals surface area contributed by atoms with E-state index in [9.17, 15) is 0 Å². The van der Waals surface area contributed by atoms with Crippen LogP contribution in [0.3, 0.4) is 0 Å². The molecule has 0 aliphatic rings. The van der Waals surface area contributed by atoms with E-state index >= 15 is 0 Å². The van der Waals surface area contributed by atoms with Crippen molar-refractivity contribution in [1.82, 2.24) is 9.80 Å². The first kappa shape index (κ1) is 32.9. The van der Waals surface area contributed by atoms with Crippen LogP contribution in [-0.2, 0) is 0 Å². The normalized spacial score (nSPS) is 12.8. The Morgan fingerprint density at radius 3 is 0.909 bits per heavy atom. The first-order valence-electron chi connectivity index (χ1n) is 15.6. The third-order valence-electron chi connectivity index (χ3n) is 7.48. The van der Waals surface area contributed by atoms with Crippen LogP contribution in [0.5, 0.6) is 0 Å². The van der Waals surface area contributed by atoms with Gasteiger partial charge in [0.2, 0.25) is 0 Å². The predicted molar refractivity (Wildman–Crippen MR) is 152 cm³/mol. The molecule has 0 aliphatic heterocycles. The van der Waals surface area contributed by atoms with Gasteiger partial charge >= 0.3 is 0 Å². The smallest absolute Gasteiger partial charge is 0.0614 e. The largest absolute Gasteiger partial charge is 0.294 e. The van der Waals surface area contributed by atoms with Gasteiger partial charge in [0.15, 0.2) is 0 Å². The fourth-order valence-corrected chi connectivity index (χ4v) is 5.32. The minimum atomic E-state index is 0.622. The zero-order valence-corrected chi connectivity index (χ0v) is 24.1. The second-order valence-corrected chi connectivity index (χ2v) is 11.0. The number of hydrogen-bond acceptors (Lipinski definition) is 2. The average molecular weight is 467 g/mol. The molecule has 0 N–H and O–H groups in total. The first-order valence-corrected chi connectivity index (χ1v) is 15.6. The molecule has 0 saturated heterocycles. The minimum absolute atomic E-state index is 0.622. The van der Waals surface area contributed by atoms with Gasteiger partial charge in [-0.3, -0.25) is 9.80 Å². The van der Waals surface area contributed by atoms with Crippen LogP contribution in [0.15, 0.2) is 0 Å². The van der Waals surface area contributed by atoms with Gasteiger partial charge in [-0.2, -0.15) is 0 Å². The molecule has 0 amide bonds. The molecule has 0 aromatic rings. The van der Waals surface area contributed by atoms with Gasteiger partial charge in [-0.15, -0.1) is 0 Å². The lowest BCUT2D eigenvalue weighted by molar-refractivity contribution is 0.0718. The second kappa shape index (κ2) is 26.5. The van der Waals surface area contributed by atoms with Crippen molar-refractivity contribution >= 4 is 0 Å². The Morgan fingerprint density at radius 2 is 0.667 bits per heavy atom. The standard InChI is InChI=1S/C31H66N2/c1-6-9-11-13-15-17-19-20-22-24-26-28-30-33(31(8-3)32(4)5)29-27-25-23-21-18-16-14-12-10-7-2/h31H,6-30H2,1-5H3. The molecule has 0 radical (unpaired) electrons. The lowest BCUT2D eigenvalue weighted by Crippen LogP contribution is -2.45. The molecule has 0 aliphatic carbocycles. The van der Waals surface area contributed by atoms with E-state index < -0.39 is 0 Å². The molecule has 0 rings (SSSR count). The van der Waals surface area contributed by atoms with Crippen LogP contribution in [0, 0.1) is 0 Å². The summed E-state index contributed by atoms with van der Waals surface area (Å²) < 4.78 is 0. The van der Waals surface area contributed by atoms with Crippen molar-refractivity contribution in [3.05, 3.63) is 0 Å². The quantitative estimate of drug-likeness (QED) is 0.0877. The Kier molecular flexibility index (Phi) is 26.5. The molecular formula is C31H66N2. The SMILES string of the molecule is CCCCCCCCCCCCCCN(CCCCCCCCCCCC)C(CC)N(C)C. The van der Waals surface area contributed by atoms with Gasteiger partial charge in [-0.1, -0.05) is 149 Å². The van der Waals surface area contributed by atoms with E-state index in [-0.39, 0.29) is 0 Å². The summed E-state index contributed by atoms with van der Waals surface area (Å²) in [6.07, 6.45) is 33.5. The van der Waals surface area contributed by atoms with Crippen molar-refractivity contribution in [2.45, 2.75) is 175 Å². The Bertz CT molecular complexity index is 355. The summed E-state index contributed by atoms with van der Waals surface area (Å²) >= 11 is 0. The maximum Gasteiger partial charge on any atom is 0.0614 e. The van der Waals surface area contributed by atoms with Crippen LogP contribution >= 0.6 is 0 Å². The average Bonchev–Trinajstić information content (AvgIpc) is 2.80. The lowest BCUT2D eigenvalue weighted by Gasteiger charge is -2.35. The molecule has 2 heteroatoms. The summed E-state index contributed by atoms with van der Waals surface area (Å²) in [7, 11) is 4.53. The number of unbranched alkanes of at least 4 members (excludes halogenated alkanes) is 20. The van der Waals surface area contributed by atoms with E-state index in [1.807, 2.05) is 0 Å². The number of hydrogen-bond donors (Lipinski definition) is 0. The molecule has 0 aromatic carbocycles. The van der Waals surface area contributed by atoms with E-state index in [0.29, 0.717) is 6.17 Å². The highest BCUT2D eigenvalue weighted by atomic mass is 15.3. The molecule has 1 atom stereocenters. The molecule has 200 valence electrons. The highest BCUT2D eigenvalue weighted by Crippen LogP contribution is 2.16. The van der Waals surface area contributed by atoms with Crippen LogP contribution in [0.1, 0.15) is 168 Å². The monoisotopic (exact) mass is 467 g/mol. The molecule has 0 bridgehead atoms. The third kappa shape index (κ3) is 22.1. The van der Waals surface area contributed by atoms with Gasteiger partial charge in [0.25, 0.3) is 0 Å². The van der Waals surface area contributed by atoms with E-state index in [1.165, 1.54) is 161 Å². The molecule has 0 saturated carbocycles. The Hall–Kier alpha value is -0.0800. The Labute approximate surface area is 211 Å². The summed E-state index contributed by atoms with van der Waals surface area (Å²) in [5.74, 6) is 0.